The zero-order valence-corrected chi connectivity index (χ0v) is 10.6. The van der Waals surface area contributed by atoms with Crippen LogP contribution in [0.1, 0.15) is 5.56 Å². The topological polar surface area (TPSA) is 24.9 Å². The van der Waals surface area contributed by atoms with Gasteiger partial charge in [0.15, 0.2) is 11.6 Å². The van der Waals surface area contributed by atoms with Gasteiger partial charge in [0.25, 0.3) is 0 Å². The number of benzene rings is 1. The molecule has 1 heterocycles. The lowest BCUT2D eigenvalue weighted by Crippen LogP contribution is -2.01. The Hall–Kier alpha value is -1.49. The second-order valence-corrected chi connectivity index (χ2v) is 4.46. The van der Waals surface area contributed by atoms with Crippen LogP contribution in [0.4, 0.5) is 20.3 Å². The maximum Gasteiger partial charge on any atom is 0.166 e. The molecule has 2 nitrogen and oxygen atoms in total. The van der Waals surface area contributed by atoms with Gasteiger partial charge in [0.05, 0.1) is 5.69 Å². The third-order valence-electron chi connectivity index (χ3n) is 2.27. The molecule has 0 aliphatic rings. The lowest BCUT2D eigenvalue weighted by molar-refractivity contribution is 0.620. The van der Waals surface area contributed by atoms with Crippen molar-refractivity contribution < 1.29 is 8.78 Å². The van der Waals surface area contributed by atoms with Crippen LogP contribution in [0.3, 0.4) is 0 Å². The zero-order valence-electron chi connectivity index (χ0n) is 8.97. The highest BCUT2D eigenvalue weighted by Gasteiger charge is 2.09. The molecule has 0 amide bonds. The summed E-state index contributed by atoms with van der Waals surface area (Å²) in [7, 11) is 0. The number of rotatable bonds is 2. The number of hydrogen-bond donors (Lipinski definition) is 1. The van der Waals surface area contributed by atoms with Crippen molar-refractivity contribution in [1.82, 2.24) is 4.98 Å². The van der Waals surface area contributed by atoms with E-state index in [-0.39, 0.29) is 11.5 Å². The van der Waals surface area contributed by atoms with Gasteiger partial charge in [-0.15, -0.1) is 0 Å². The fourth-order valence-electron chi connectivity index (χ4n) is 1.42. The van der Waals surface area contributed by atoms with Gasteiger partial charge in [0, 0.05) is 10.7 Å². The van der Waals surface area contributed by atoms with Crippen LogP contribution in [0.15, 0.2) is 34.9 Å². The molecule has 0 unspecified atom stereocenters. The molecule has 1 aromatic heterocycles. The molecule has 2 rings (SSSR count). The van der Waals surface area contributed by atoms with E-state index < -0.39 is 11.6 Å². The van der Waals surface area contributed by atoms with Crippen molar-refractivity contribution in [3.8, 4) is 0 Å². The molecule has 17 heavy (non-hydrogen) atoms. The summed E-state index contributed by atoms with van der Waals surface area (Å²) in [6.45, 7) is 1.74. The molecule has 0 bridgehead atoms. The Labute approximate surface area is 106 Å². The van der Waals surface area contributed by atoms with Gasteiger partial charge in [-0.05, 0) is 40.5 Å². The van der Waals surface area contributed by atoms with E-state index in [0.717, 1.165) is 0 Å². The molecule has 0 radical (unpaired) electrons. The lowest BCUT2D eigenvalue weighted by atomic mass is 10.2. The first-order chi connectivity index (χ1) is 8.08. The third-order valence-corrected chi connectivity index (χ3v) is 2.71. The van der Waals surface area contributed by atoms with E-state index in [9.17, 15) is 8.78 Å². The normalized spacial score (nSPS) is 10.4. The number of pyridine rings is 1. The number of aryl methyl sites for hydroxylation is 1. The van der Waals surface area contributed by atoms with Crippen LogP contribution in [-0.4, -0.2) is 4.98 Å². The average Bonchev–Trinajstić information content (AvgIpc) is 2.26. The van der Waals surface area contributed by atoms with Gasteiger partial charge in [-0.3, -0.25) is 0 Å². The first-order valence-electron chi connectivity index (χ1n) is 4.91. The Kier molecular flexibility index (Phi) is 3.38. The SMILES string of the molecule is Cc1cccc(F)c1Nc1ncc(Br)cc1F. The van der Waals surface area contributed by atoms with Crippen molar-refractivity contribution in [1.29, 1.82) is 0 Å². The minimum Gasteiger partial charge on any atom is -0.335 e. The molecule has 1 N–H and O–H groups in total. The standard InChI is InChI=1S/C12H9BrF2N2/c1-7-3-2-4-9(14)11(7)17-12-10(15)5-8(13)6-16-12/h2-6H,1H3,(H,16,17). The zero-order chi connectivity index (χ0) is 12.4. The first kappa shape index (κ1) is 12.0. The number of anilines is 2. The van der Waals surface area contributed by atoms with Crippen LogP contribution >= 0.6 is 15.9 Å². The van der Waals surface area contributed by atoms with Gasteiger partial charge in [-0.2, -0.15) is 0 Å². The number of nitrogens with zero attached hydrogens (tertiary/aromatic N) is 1. The summed E-state index contributed by atoms with van der Waals surface area (Å²) in [5, 5.41) is 2.65. The van der Waals surface area contributed by atoms with Gasteiger partial charge in [0.1, 0.15) is 5.82 Å². The maximum atomic E-state index is 13.5. The van der Waals surface area contributed by atoms with Crippen molar-refractivity contribution in [3.63, 3.8) is 0 Å². The number of aromatic nitrogens is 1. The van der Waals surface area contributed by atoms with Gasteiger partial charge >= 0.3 is 0 Å². The minimum absolute atomic E-state index is 0.00130. The van der Waals surface area contributed by atoms with E-state index in [4.69, 9.17) is 0 Å². The largest absolute Gasteiger partial charge is 0.335 e. The highest BCUT2D eigenvalue weighted by Crippen LogP contribution is 2.25. The monoisotopic (exact) mass is 298 g/mol. The molecule has 0 saturated heterocycles. The molecule has 2 aromatic rings. The van der Waals surface area contributed by atoms with Crippen molar-refractivity contribution in [2.24, 2.45) is 0 Å². The fourth-order valence-corrected chi connectivity index (χ4v) is 1.72. The summed E-state index contributed by atoms with van der Waals surface area (Å²) in [6, 6.07) is 5.92. The minimum atomic E-state index is -0.540. The molecule has 0 aliphatic carbocycles. The Morgan fingerprint density at radius 3 is 2.65 bits per heavy atom. The molecule has 0 fully saturated rings. The van der Waals surface area contributed by atoms with Gasteiger partial charge in [-0.1, -0.05) is 12.1 Å². The molecule has 1 aromatic carbocycles. The van der Waals surface area contributed by atoms with Gasteiger partial charge in [-0.25, -0.2) is 13.8 Å². The number of nitrogens with one attached hydrogen (secondary N) is 1. The van der Waals surface area contributed by atoms with E-state index >= 15 is 0 Å². The van der Waals surface area contributed by atoms with Gasteiger partial charge in [0.2, 0.25) is 0 Å². The van der Waals surface area contributed by atoms with Crippen molar-refractivity contribution in [3.05, 3.63) is 52.1 Å². The summed E-state index contributed by atoms with van der Waals surface area (Å²) >= 11 is 3.11. The molecular weight excluding hydrogens is 290 g/mol. The Morgan fingerprint density at radius 1 is 1.24 bits per heavy atom. The Bertz CT molecular complexity index is 538. The number of halogens is 3. The number of hydrogen-bond acceptors (Lipinski definition) is 2. The maximum absolute atomic E-state index is 13.5. The highest BCUT2D eigenvalue weighted by atomic mass is 79.9. The molecular formula is C12H9BrF2N2. The summed E-state index contributed by atoms with van der Waals surface area (Å²) in [5.41, 5.74) is 0.926. The predicted molar refractivity (Wildman–Crippen MR) is 66.3 cm³/mol. The third kappa shape index (κ3) is 2.61. The summed E-state index contributed by atoms with van der Waals surface area (Å²) in [5.74, 6) is -0.974. The predicted octanol–water partition coefficient (Wildman–Crippen LogP) is 4.17. The summed E-state index contributed by atoms with van der Waals surface area (Å²) < 4.78 is 27.6. The molecule has 0 saturated carbocycles. The molecule has 88 valence electrons. The summed E-state index contributed by atoms with van der Waals surface area (Å²) in [6.07, 6.45) is 1.45. The molecule has 0 atom stereocenters. The van der Waals surface area contributed by atoms with Crippen molar-refractivity contribution >= 4 is 27.4 Å². The van der Waals surface area contributed by atoms with Crippen LogP contribution in [0.5, 0.6) is 0 Å². The second-order valence-electron chi connectivity index (χ2n) is 3.54. The van der Waals surface area contributed by atoms with Gasteiger partial charge < -0.3 is 5.32 Å². The fraction of sp³-hybridized carbons (Fsp3) is 0.0833. The second kappa shape index (κ2) is 4.79. The van der Waals surface area contributed by atoms with Crippen LogP contribution < -0.4 is 5.32 Å². The van der Waals surface area contributed by atoms with E-state index in [2.05, 4.69) is 26.2 Å². The van der Waals surface area contributed by atoms with Crippen LogP contribution in [0.25, 0.3) is 0 Å². The Morgan fingerprint density at radius 2 is 2.00 bits per heavy atom. The average molecular weight is 299 g/mol. The van der Waals surface area contributed by atoms with E-state index in [1.807, 2.05) is 0 Å². The smallest absolute Gasteiger partial charge is 0.166 e. The van der Waals surface area contributed by atoms with Crippen LogP contribution in [0.2, 0.25) is 0 Å². The van der Waals surface area contributed by atoms with Crippen LogP contribution in [-0.2, 0) is 0 Å². The first-order valence-corrected chi connectivity index (χ1v) is 5.70. The summed E-state index contributed by atoms with van der Waals surface area (Å²) in [4.78, 5) is 3.86. The van der Waals surface area contributed by atoms with Crippen LogP contribution in [0, 0.1) is 18.6 Å². The molecule has 5 heteroatoms. The van der Waals surface area contributed by atoms with E-state index in [1.54, 1.807) is 19.1 Å². The number of para-hydroxylation sites is 1. The Balaban J connectivity index is 2.38. The van der Waals surface area contributed by atoms with E-state index in [1.165, 1.54) is 18.3 Å². The van der Waals surface area contributed by atoms with Crippen molar-refractivity contribution in [2.45, 2.75) is 6.92 Å². The van der Waals surface area contributed by atoms with Crippen molar-refractivity contribution in [2.75, 3.05) is 5.32 Å². The lowest BCUT2D eigenvalue weighted by Gasteiger charge is -2.10. The highest BCUT2D eigenvalue weighted by molar-refractivity contribution is 9.10. The molecule has 0 aliphatic heterocycles. The van der Waals surface area contributed by atoms with E-state index in [0.29, 0.717) is 10.0 Å². The quantitative estimate of drug-likeness (QED) is 0.900. The molecule has 0 spiro atoms.